The van der Waals surface area contributed by atoms with Gasteiger partial charge in [-0.05, 0) is 62.4 Å². The summed E-state index contributed by atoms with van der Waals surface area (Å²) in [5.74, 6) is 0.471. The van der Waals surface area contributed by atoms with Gasteiger partial charge < -0.3 is 19.5 Å². The average Bonchev–Trinajstić information content (AvgIpc) is 2.97. The van der Waals surface area contributed by atoms with Crippen LogP contribution in [0.4, 0.5) is 0 Å². The Morgan fingerprint density at radius 2 is 1.66 bits per heavy atom. The number of esters is 1. The number of Topliss-reactive ketones (excluding diaryl/α,β-unsaturated/α-hetero) is 1. The summed E-state index contributed by atoms with van der Waals surface area (Å²) in [5.41, 5.74) is 5.59. The van der Waals surface area contributed by atoms with Crippen LogP contribution < -0.4 is 14.8 Å². The van der Waals surface area contributed by atoms with Crippen LogP contribution in [-0.4, -0.2) is 31.6 Å². The van der Waals surface area contributed by atoms with E-state index >= 15 is 0 Å². The van der Waals surface area contributed by atoms with Crippen molar-refractivity contribution in [2.75, 3.05) is 13.7 Å². The van der Waals surface area contributed by atoms with Crippen molar-refractivity contribution < 1.29 is 23.8 Å². The Hall–Kier alpha value is -4.32. The van der Waals surface area contributed by atoms with Gasteiger partial charge in [-0.2, -0.15) is 0 Å². The van der Waals surface area contributed by atoms with Crippen molar-refractivity contribution >= 4 is 11.8 Å². The number of carbonyl (C=O) groups is 2. The van der Waals surface area contributed by atoms with E-state index in [0.29, 0.717) is 41.9 Å². The minimum Gasteiger partial charge on any atom is -0.497 e. The Labute approximate surface area is 242 Å². The number of nitrogens with one attached hydrogen (secondary N) is 1. The number of hydrogen-bond acceptors (Lipinski definition) is 6. The van der Waals surface area contributed by atoms with Gasteiger partial charge in [0, 0.05) is 35.4 Å². The molecule has 1 aliphatic heterocycles. The normalized spacial score (nSPS) is 18.6. The number of rotatable bonds is 9. The minimum absolute atomic E-state index is 0.0194. The first kappa shape index (κ1) is 28.2. The molecule has 0 bridgehead atoms. The molecule has 3 aromatic carbocycles. The van der Waals surface area contributed by atoms with Gasteiger partial charge in [-0.25, -0.2) is 4.79 Å². The third-order valence-corrected chi connectivity index (χ3v) is 7.69. The summed E-state index contributed by atoms with van der Waals surface area (Å²) in [5, 5.41) is 3.44. The van der Waals surface area contributed by atoms with Crippen molar-refractivity contribution in [1.82, 2.24) is 5.32 Å². The fourth-order valence-electron chi connectivity index (χ4n) is 5.80. The van der Waals surface area contributed by atoms with E-state index in [1.165, 1.54) is 0 Å². The van der Waals surface area contributed by atoms with Gasteiger partial charge in [0.05, 0.1) is 31.3 Å². The van der Waals surface area contributed by atoms with Crippen molar-refractivity contribution in [1.29, 1.82) is 0 Å². The second-order valence-corrected chi connectivity index (χ2v) is 10.9. The van der Waals surface area contributed by atoms with Gasteiger partial charge in [-0.15, -0.1) is 0 Å². The number of allylic oxidation sites excluding steroid dienone is 3. The van der Waals surface area contributed by atoms with Crippen LogP contribution in [0, 0.1) is 0 Å². The Bertz CT molecular complexity index is 1470. The maximum absolute atomic E-state index is 14.0. The molecule has 0 saturated heterocycles. The molecule has 0 spiro atoms. The van der Waals surface area contributed by atoms with Crippen LogP contribution in [0.25, 0.3) is 0 Å². The van der Waals surface area contributed by atoms with Gasteiger partial charge >= 0.3 is 5.97 Å². The van der Waals surface area contributed by atoms with E-state index in [2.05, 4.69) is 5.32 Å². The molecular weight excluding hydrogens is 514 g/mol. The molecule has 0 saturated carbocycles. The predicted octanol–water partition coefficient (Wildman–Crippen LogP) is 6.63. The highest BCUT2D eigenvalue weighted by atomic mass is 16.5. The van der Waals surface area contributed by atoms with Gasteiger partial charge in [0.2, 0.25) is 0 Å². The molecule has 212 valence electrons. The summed E-state index contributed by atoms with van der Waals surface area (Å²) in [7, 11) is 1.64. The smallest absolute Gasteiger partial charge is 0.336 e. The number of ether oxygens (including phenoxy) is 3. The van der Waals surface area contributed by atoms with E-state index in [1.54, 1.807) is 7.11 Å². The Morgan fingerprint density at radius 3 is 2.37 bits per heavy atom. The minimum atomic E-state index is -0.588. The van der Waals surface area contributed by atoms with Crippen LogP contribution in [0.3, 0.4) is 0 Å². The van der Waals surface area contributed by atoms with Crippen LogP contribution in [0.1, 0.15) is 62.1 Å². The first-order valence-electron chi connectivity index (χ1n) is 14.2. The fourth-order valence-corrected chi connectivity index (χ4v) is 5.80. The summed E-state index contributed by atoms with van der Waals surface area (Å²) in [4.78, 5) is 27.7. The lowest BCUT2D eigenvalue weighted by Crippen LogP contribution is -2.36. The summed E-state index contributed by atoms with van der Waals surface area (Å²) in [6, 6.07) is 25.5. The molecule has 0 aromatic heterocycles. The lowest BCUT2D eigenvalue weighted by atomic mass is 9.71. The second kappa shape index (κ2) is 12.5. The number of ketones is 1. The second-order valence-electron chi connectivity index (χ2n) is 10.9. The summed E-state index contributed by atoms with van der Waals surface area (Å²) in [6.07, 6.45) is 1.55. The number of methoxy groups -OCH3 is 1. The molecule has 3 aromatic rings. The number of benzene rings is 3. The van der Waals surface area contributed by atoms with Gasteiger partial charge in [-0.3, -0.25) is 4.79 Å². The highest BCUT2D eigenvalue weighted by Crippen LogP contribution is 2.48. The molecule has 1 aliphatic carbocycles. The molecule has 5 rings (SSSR count). The number of hydrogen-bond donors (Lipinski definition) is 1. The van der Waals surface area contributed by atoms with E-state index in [-0.39, 0.29) is 24.4 Å². The zero-order chi connectivity index (χ0) is 28.9. The largest absolute Gasteiger partial charge is 0.497 e. The fraction of sp³-hybridized carbons (Fsp3) is 0.314. The Kier molecular flexibility index (Phi) is 8.58. The molecule has 2 unspecified atom stereocenters. The monoisotopic (exact) mass is 551 g/mol. The highest BCUT2D eigenvalue weighted by Gasteiger charge is 2.42. The maximum atomic E-state index is 14.0. The molecule has 2 aliphatic rings. The average molecular weight is 552 g/mol. The van der Waals surface area contributed by atoms with E-state index in [0.717, 1.165) is 28.1 Å². The van der Waals surface area contributed by atoms with Crippen LogP contribution in [0.5, 0.6) is 11.5 Å². The highest BCUT2D eigenvalue weighted by molar-refractivity contribution is 6.04. The van der Waals surface area contributed by atoms with E-state index in [4.69, 9.17) is 14.2 Å². The zero-order valence-corrected chi connectivity index (χ0v) is 24.1. The quantitative estimate of drug-likeness (QED) is 0.301. The van der Waals surface area contributed by atoms with E-state index < -0.39 is 11.9 Å². The molecular formula is C35H37NO5. The van der Waals surface area contributed by atoms with Crippen molar-refractivity contribution in [2.45, 2.75) is 58.0 Å². The first-order chi connectivity index (χ1) is 19.9. The Morgan fingerprint density at radius 1 is 0.951 bits per heavy atom. The zero-order valence-electron chi connectivity index (χ0n) is 24.1. The third kappa shape index (κ3) is 6.22. The lowest BCUT2D eigenvalue weighted by Gasteiger charge is -2.37. The lowest BCUT2D eigenvalue weighted by molar-refractivity contribution is -0.139. The van der Waals surface area contributed by atoms with E-state index in [1.807, 2.05) is 99.6 Å². The summed E-state index contributed by atoms with van der Waals surface area (Å²) >= 11 is 0. The molecule has 0 amide bonds. The molecule has 0 radical (unpaired) electrons. The van der Waals surface area contributed by atoms with E-state index in [9.17, 15) is 9.59 Å². The maximum Gasteiger partial charge on any atom is 0.336 e. The number of carbonyl (C=O) groups excluding carboxylic acids is 2. The van der Waals surface area contributed by atoms with Crippen molar-refractivity contribution in [3.63, 3.8) is 0 Å². The molecule has 6 heteroatoms. The molecule has 2 atom stereocenters. The van der Waals surface area contributed by atoms with Crippen LogP contribution >= 0.6 is 0 Å². The van der Waals surface area contributed by atoms with Crippen molar-refractivity contribution in [3.8, 4) is 11.5 Å². The topological polar surface area (TPSA) is 73.9 Å². The number of para-hydroxylation sites is 1. The molecule has 6 nitrogen and oxygen atoms in total. The predicted molar refractivity (Wildman–Crippen MR) is 159 cm³/mol. The number of dihydropyridines is 1. The van der Waals surface area contributed by atoms with Crippen molar-refractivity contribution in [3.05, 3.63) is 118 Å². The molecule has 0 fully saturated rings. The van der Waals surface area contributed by atoms with Crippen LogP contribution in [0.15, 0.2) is 101 Å². The van der Waals surface area contributed by atoms with Crippen LogP contribution in [0.2, 0.25) is 0 Å². The summed E-state index contributed by atoms with van der Waals surface area (Å²) < 4.78 is 17.3. The van der Waals surface area contributed by atoms with Gasteiger partial charge in [0.1, 0.15) is 11.5 Å². The summed E-state index contributed by atoms with van der Waals surface area (Å²) in [6.45, 7) is 6.07. The van der Waals surface area contributed by atoms with Gasteiger partial charge in [0.15, 0.2) is 5.78 Å². The van der Waals surface area contributed by atoms with Gasteiger partial charge in [-0.1, -0.05) is 60.7 Å². The van der Waals surface area contributed by atoms with Crippen molar-refractivity contribution in [2.24, 2.45) is 0 Å². The van der Waals surface area contributed by atoms with Gasteiger partial charge in [0.25, 0.3) is 0 Å². The first-order valence-corrected chi connectivity index (χ1v) is 14.2. The SMILES string of the molecule is COc1ccc(C2CC(=O)C3=C(C2)NC(C)=C(C(=O)OCCc2ccccc2)C3c2ccccc2OC(C)C)cc1. The molecule has 1 heterocycles. The third-order valence-electron chi connectivity index (χ3n) is 7.69. The molecule has 1 N–H and O–H groups in total. The Balaban J connectivity index is 1.50. The molecule has 41 heavy (non-hydrogen) atoms. The van der Waals surface area contributed by atoms with Crippen LogP contribution in [-0.2, 0) is 20.7 Å². The standard InChI is InChI=1S/C35H37NO5/c1-22(2)41-31-13-9-8-12-28(31)33-32(35(38)40-19-18-24-10-6-5-7-11-24)23(3)36-29-20-26(21-30(37)34(29)33)25-14-16-27(39-4)17-15-25/h5-17,22,26,33,36H,18-21H2,1-4H3.